The number of rotatable bonds is 4. The van der Waals surface area contributed by atoms with Crippen molar-refractivity contribution in [1.29, 1.82) is 0 Å². The third kappa shape index (κ3) is 4.65. The largest absolute Gasteiger partial charge is 0.456 e. The first-order chi connectivity index (χ1) is 25.7. The van der Waals surface area contributed by atoms with Gasteiger partial charge < -0.3 is 4.42 Å². The quantitative estimate of drug-likeness (QED) is 0.186. The molecule has 11 aromatic rings. The Bertz CT molecular complexity index is 3190. The number of fused-ring (bicyclic) bond motifs is 8. The van der Waals surface area contributed by atoms with E-state index in [2.05, 4.69) is 158 Å². The van der Waals surface area contributed by atoms with Crippen LogP contribution in [0, 0.1) is 0 Å². The van der Waals surface area contributed by atoms with Crippen molar-refractivity contribution >= 4 is 75.1 Å². The van der Waals surface area contributed by atoms with Crippen molar-refractivity contribution in [2.24, 2.45) is 0 Å². The predicted molar refractivity (Wildman–Crippen MR) is 219 cm³/mol. The van der Waals surface area contributed by atoms with E-state index in [-0.39, 0.29) is 0 Å². The maximum Gasteiger partial charge on any atom is 0.161 e. The number of thiophene rings is 1. The Balaban J connectivity index is 1.09. The highest BCUT2D eigenvalue weighted by Crippen LogP contribution is 2.43. The van der Waals surface area contributed by atoms with Gasteiger partial charge in [0.2, 0.25) is 0 Å². The van der Waals surface area contributed by atoms with Gasteiger partial charge in [-0.3, -0.25) is 0 Å². The van der Waals surface area contributed by atoms with Crippen molar-refractivity contribution in [2.45, 2.75) is 0 Å². The van der Waals surface area contributed by atoms with Gasteiger partial charge in [-0.2, -0.15) is 0 Å². The van der Waals surface area contributed by atoms with Crippen molar-refractivity contribution in [3.05, 3.63) is 170 Å². The van der Waals surface area contributed by atoms with Crippen LogP contribution in [0.5, 0.6) is 0 Å². The molecule has 242 valence electrons. The van der Waals surface area contributed by atoms with Crippen molar-refractivity contribution < 1.29 is 4.42 Å². The predicted octanol–water partition coefficient (Wildman–Crippen LogP) is 13.7. The second-order valence-electron chi connectivity index (χ2n) is 13.4. The summed E-state index contributed by atoms with van der Waals surface area (Å²) in [6.45, 7) is 0. The van der Waals surface area contributed by atoms with Gasteiger partial charge in [0.25, 0.3) is 0 Å². The molecule has 0 radical (unpaired) electrons. The summed E-state index contributed by atoms with van der Waals surface area (Å²) in [5.41, 5.74) is 10.3. The Kier molecular flexibility index (Phi) is 6.42. The first-order valence-electron chi connectivity index (χ1n) is 17.5. The standard InChI is InChI=1S/C48H28N2OS/c1-2-9-29(10-3-1)32-19-20-35-27-37(22-21-33(35)26-32)45-47-46(39-13-6-7-16-43(39)52-47)50-48(49-45)40-14-8-15-41-44(40)38-24-23-36(28-42(38)51-41)34-18-17-30-11-4-5-12-31(30)25-34/h1-28H. The second-order valence-corrected chi connectivity index (χ2v) is 14.4. The van der Waals surface area contributed by atoms with Gasteiger partial charge in [-0.1, -0.05) is 127 Å². The lowest BCUT2D eigenvalue weighted by atomic mass is 9.98. The summed E-state index contributed by atoms with van der Waals surface area (Å²) in [4.78, 5) is 10.7. The van der Waals surface area contributed by atoms with Crippen LogP contribution in [-0.4, -0.2) is 9.97 Å². The first-order valence-corrected chi connectivity index (χ1v) is 18.3. The molecule has 8 aromatic carbocycles. The van der Waals surface area contributed by atoms with E-state index in [1.807, 2.05) is 12.1 Å². The molecule has 0 saturated carbocycles. The van der Waals surface area contributed by atoms with Crippen molar-refractivity contribution in [2.75, 3.05) is 0 Å². The van der Waals surface area contributed by atoms with Gasteiger partial charge in [0.15, 0.2) is 5.82 Å². The Labute approximate surface area is 303 Å². The minimum atomic E-state index is 0.692. The molecule has 0 aliphatic rings. The van der Waals surface area contributed by atoms with Crippen molar-refractivity contribution in [1.82, 2.24) is 9.97 Å². The Morgan fingerprint density at radius 1 is 0.423 bits per heavy atom. The molecule has 0 amide bonds. The molecular formula is C48H28N2OS. The first kappa shape index (κ1) is 29.1. The van der Waals surface area contributed by atoms with E-state index in [4.69, 9.17) is 14.4 Å². The highest BCUT2D eigenvalue weighted by molar-refractivity contribution is 7.26. The highest BCUT2D eigenvalue weighted by Gasteiger charge is 2.20. The molecule has 11 rings (SSSR count). The van der Waals surface area contributed by atoms with E-state index in [1.54, 1.807) is 11.3 Å². The van der Waals surface area contributed by atoms with Crippen molar-refractivity contribution in [3.63, 3.8) is 0 Å². The Morgan fingerprint density at radius 2 is 1.08 bits per heavy atom. The van der Waals surface area contributed by atoms with E-state index < -0.39 is 0 Å². The number of benzene rings is 8. The maximum absolute atomic E-state index is 6.56. The van der Waals surface area contributed by atoms with Crippen LogP contribution >= 0.6 is 11.3 Å². The summed E-state index contributed by atoms with van der Waals surface area (Å²) < 4.78 is 8.85. The zero-order valence-corrected chi connectivity index (χ0v) is 28.7. The summed E-state index contributed by atoms with van der Waals surface area (Å²) in [7, 11) is 0. The van der Waals surface area contributed by atoms with Crippen LogP contribution in [0.4, 0.5) is 0 Å². The third-order valence-corrected chi connectivity index (χ3v) is 11.4. The molecule has 0 fully saturated rings. The highest BCUT2D eigenvalue weighted by atomic mass is 32.1. The van der Waals surface area contributed by atoms with Gasteiger partial charge in [0.05, 0.1) is 15.9 Å². The van der Waals surface area contributed by atoms with E-state index in [0.29, 0.717) is 5.82 Å². The molecule has 0 atom stereocenters. The fourth-order valence-electron chi connectivity index (χ4n) is 7.67. The zero-order valence-electron chi connectivity index (χ0n) is 27.9. The lowest BCUT2D eigenvalue weighted by Crippen LogP contribution is -1.94. The SMILES string of the molecule is c1ccc(-c2ccc3cc(-c4nc(-c5cccc6oc7cc(-c8ccc9ccccc9c8)ccc7c56)nc5c4sc4ccccc45)ccc3c2)cc1. The number of aromatic nitrogens is 2. The molecule has 0 unspecified atom stereocenters. The van der Waals surface area contributed by atoms with Crippen LogP contribution in [0.1, 0.15) is 0 Å². The fourth-order valence-corrected chi connectivity index (χ4v) is 8.82. The van der Waals surface area contributed by atoms with E-state index >= 15 is 0 Å². The molecule has 3 nitrogen and oxygen atoms in total. The minimum Gasteiger partial charge on any atom is -0.456 e. The summed E-state index contributed by atoms with van der Waals surface area (Å²) in [5, 5.41) is 8.05. The summed E-state index contributed by atoms with van der Waals surface area (Å²) >= 11 is 1.76. The van der Waals surface area contributed by atoms with Crippen LogP contribution < -0.4 is 0 Å². The van der Waals surface area contributed by atoms with Gasteiger partial charge in [-0.05, 0) is 86.3 Å². The van der Waals surface area contributed by atoms with E-state index in [0.717, 1.165) is 65.5 Å². The van der Waals surface area contributed by atoms with E-state index in [1.165, 1.54) is 37.4 Å². The van der Waals surface area contributed by atoms with E-state index in [9.17, 15) is 0 Å². The number of hydrogen-bond donors (Lipinski definition) is 0. The molecule has 4 heteroatoms. The van der Waals surface area contributed by atoms with Crippen LogP contribution in [0.15, 0.2) is 174 Å². The van der Waals surface area contributed by atoms with Gasteiger partial charge in [0, 0.05) is 32.0 Å². The lowest BCUT2D eigenvalue weighted by molar-refractivity contribution is 0.669. The average Bonchev–Trinajstić information content (AvgIpc) is 3.78. The molecule has 0 bridgehead atoms. The fraction of sp³-hybridized carbons (Fsp3) is 0. The van der Waals surface area contributed by atoms with Gasteiger partial charge in [-0.25, -0.2) is 9.97 Å². The molecular weight excluding hydrogens is 653 g/mol. The molecule has 3 aromatic heterocycles. The third-order valence-electron chi connectivity index (χ3n) is 10.3. The lowest BCUT2D eigenvalue weighted by Gasteiger charge is -2.10. The number of hydrogen-bond acceptors (Lipinski definition) is 4. The zero-order chi connectivity index (χ0) is 34.2. The second kappa shape index (κ2) is 11.5. The summed E-state index contributed by atoms with van der Waals surface area (Å²) in [5.74, 6) is 0.692. The van der Waals surface area contributed by atoms with Crippen LogP contribution in [0.2, 0.25) is 0 Å². The molecule has 3 heterocycles. The molecule has 0 aliphatic carbocycles. The maximum atomic E-state index is 6.56. The van der Waals surface area contributed by atoms with Gasteiger partial charge in [0.1, 0.15) is 11.2 Å². The Hall–Kier alpha value is -6.62. The molecule has 0 N–H and O–H groups in total. The molecule has 52 heavy (non-hydrogen) atoms. The smallest absolute Gasteiger partial charge is 0.161 e. The van der Waals surface area contributed by atoms with Crippen LogP contribution in [0.3, 0.4) is 0 Å². The monoisotopic (exact) mass is 680 g/mol. The van der Waals surface area contributed by atoms with Gasteiger partial charge in [-0.15, -0.1) is 11.3 Å². The number of nitrogens with zero attached hydrogens (tertiary/aromatic N) is 2. The summed E-state index contributed by atoms with van der Waals surface area (Å²) in [6.07, 6.45) is 0. The topological polar surface area (TPSA) is 38.9 Å². The van der Waals surface area contributed by atoms with Gasteiger partial charge >= 0.3 is 0 Å². The van der Waals surface area contributed by atoms with Crippen molar-refractivity contribution in [3.8, 4) is 44.9 Å². The molecule has 0 spiro atoms. The normalized spacial score (nSPS) is 11.8. The Morgan fingerprint density at radius 3 is 1.94 bits per heavy atom. The van der Waals surface area contributed by atoms with Crippen LogP contribution in [0.25, 0.3) is 109 Å². The molecule has 0 aliphatic heterocycles. The minimum absolute atomic E-state index is 0.692. The van der Waals surface area contributed by atoms with Crippen LogP contribution in [-0.2, 0) is 0 Å². The molecule has 0 saturated heterocycles. The number of furan rings is 1. The summed E-state index contributed by atoms with van der Waals surface area (Å²) in [6, 6.07) is 60.3. The average molecular weight is 681 g/mol.